The molecule has 1 aliphatic rings. The van der Waals surface area contributed by atoms with Gasteiger partial charge in [0.05, 0.1) is 25.1 Å². The lowest BCUT2D eigenvalue weighted by Gasteiger charge is -2.35. The van der Waals surface area contributed by atoms with Crippen molar-refractivity contribution in [2.45, 2.75) is 37.9 Å². The Hall–Kier alpha value is -2.54. The topological polar surface area (TPSA) is 41.6 Å². The fourth-order valence-corrected chi connectivity index (χ4v) is 3.83. The second kappa shape index (κ2) is 9.98. The Morgan fingerprint density at radius 2 is 1.80 bits per heavy atom. The molecule has 1 amide bonds. The summed E-state index contributed by atoms with van der Waals surface area (Å²) in [4.78, 5) is 14.8. The Bertz CT molecular complexity index is 831. The molecule has 0 aliphatic carbocycles. The molecule has 1 N–H and O–H groups in total. The first kappa shape index (κ1) is 22.2. The van der Waals surface area contributed by atoms with E-state index < -0.39 is 11.7 Å². The molecule has 0 bridgehead atoms. The summed E-state index contributed by atoms with van der Waals surface area (Å²) >= 11 is 0. The van der Waals surface area contributed by atoms with Gasteiger partial charge in [0, 0.05) is 6.54 Å². The van der Waals surface area contributed by atoms with Gasteiger partial charge in [0.1, 0.15) is 5.75 Å². The first-order valence-corrected chi connectivity index (χ1v) is 10.2. The summed E-state index contributed by atoms with van der Waals surface area (Å²) in [5.41, 5.74) is 0.690. The molecule has 1 heterocycles. The van der Waals surface area contributed by atoms with Crippen LogP contribution in [0.1, 0.15) is 42.0 Å². The summed E-state index contributed by atoms with van der Waals surface area (Å²) in [6.07, 6.45) is -1.07. The van der Waals surface area contributed by atoms with Crippen LogP contribution in [0.25, 0.3) is 0 Å². The van der Waals surface area contributed by atoms with Crippen molar-refractivity contribution >= 4 is 5.91 Å². The van der Waals surface area contributed by atoms with E-state index in [0.717, 1.165) is 49.4 Å². The number of likely N-dealkylation sites (tertiary alicyclic amines) is 1. The van der Waals surface area contributed by atoms with Gasteiger partial charge >= 0.3 is 6.18 Å². The monoisotopic (exact) mass is 420 g/mol. The number of amides is 1. The predicted octanol–water partition coefficient (Wildman–Crippen LogP) is 4.60. The van der Waals surface area contributed by atoms with E-state index in [9.17, 15) is 18.0 Å². The minimum atomic E-state index is -4.42. The Balaban J connectivity index is 1.66. The Morgan fingerprint density at radius 3 is 2.43 bits per heavy atom. The highest BCUT2D eigenvalue weighted by Gasteiger charge is 2.30. The number of halogens is 3. The molecule has 1 aliphatic heterocycles. The molecule has 1 unspecified atom stereocenters. The van der Waals surface area contributed by atoms with E-state index in [1.165, 1.54) is 12.5 Å². The van der Waals surface area contributed by atoms with E-state index in [1.807, 2.05) is 24.3 Å². The lowest BCUT2D eigenvalue weighted by molar-refractivity contribution is -0.137. The van der Waals surface area contributed by atoms with Crippen molar-refractivity contribution in [2.24, 2.45) is 0 Å². The quantitative estimate of drug-likeness (QED) is 0.712. The van der Waals surface area contributed by atoms with E-state index in [1.54, 1.807) is 13.2 Å². The maximum atomic E-state index is 12.9. The average molecular weight is 420 g/mol. The number of nitrogens with zero attached hydrogens (tertiary/aromatic N) is 1. The molecule has 1 atom stereocenters. The fourth-order valence-electron chi connectivity index (χ4n) is 3.83. The maximum Gasteiger partial charge on any atom is 0.416 e. The summed E-state index contributed by atoms with van der Waals surface area (Å²) in [6.45, 7) is 2.32. The summed E-state index contributed by atoms with van der Waals surface area (Å²) in [5.74, 6) is 0.481. The summed E-state index contributed by atoms with van der Waals surface area (Å²) in [6, 6.07) is 12.7. The van der Waals surface area contributed by atoms with Gasteiger partial charge in [0.2, 0.25) is 5.91 Å². The van der Waals surface area contributed by atoms with Gasteiger partial charge in [-0.2, -0.15) is 13.2 Å². The molecule has 0 spiro atoms. The first-order valence-electron chi connectivity index (χ1n) is 10.2. The van der Waals surface area contributed by atoms with E-state index in [2.05, 4.69) is 10.2 Å². The van der Waals surface area contributed by atoms with E-state index in [0.29, 0.717) is 12.1 Å². The van der Waals surface area contributed by atoms with Gasteiger partial charge in [-0.3, -0.25) is 9.69 Å². The lowest BCUT2D eigenvalue weighted by Crippen LogP contribution is -2.41. The summed E-state index contributed by atoms with van der Waals surface area (Å²) < 4.78 is 43.9. The Kier molecular flexibility index (Phi) is 7.37. The van der Waals surface area contributed by atoms with Crippen LogP contribution in [0.2, 0.25) is 0 Å². The standard InChI is InChI=1S/C23H27F3N2O2/c1-30-20-10-8-18(9-11-20)21(28-12-3-2-4-13-28)16-27-22(29)15-17-6-5-7-19(14-17)23(24,25)26/h5-11,14,21H,2-4,12-13,15-16H2,1H3,(H,27,29). The number of ether oxygens (including phenoxy) is 1. The third-order valence-electron chi connectivity index (χ3n) is 5.44. The number of rotatable bonds is 7. The summed E-state index contributed by atoms with van der Waals surface area (Å²) in [5, 5.41) is 2.92. The molecular weight excluding hydrogens is 393 g/mol. The number of methoxy groups -OCH3 is 1. The summed E-state index contributed by atoms with van der Waals surface area (Å²) in [7, 11) is 1.62. The highest BCUT2D eigenvalue weighted by atomic mass is 19.4. The highest BCUT2D eigenvalue weighted by Crippen LogP contribution is 2.30. The maximum absolute atomic E-state index is 12.9. The van der Waals surface area contributed by atoms with Crippen LogP contribution < -0.4 is 10.1 Å². The van der Waals surface area contributed by atoms with Gasteiger partial charge in [-0.05, 0) is 55.3 Å². The van der Waals surface area contributed by atoms with Crippen molar-refractivity contribution in [3.05, 3.63) is 65.2 Å². The zero-order valence-corrected chi connectivity index (χ0v) is 17.0. The average Bonchev–Trinajstić information content (AvgIpc) is 2.75. The predicted molar refractivity (Wildman–Crippen MR) is 109 cm³/mol. The van der Waals surface area contributed by atoms with Crippen LogP contribution in [-0.4, -0.2) is 37.6 Å². The number of alkyl halides is 3. The molecule has 4 nitrogen and oxygen atoms in total. The minimum absolute atomic E-state index is 0.0154. The zero-order chi connectivity index (χ0) is 21.6. The number of piperidine rings is 1. The van der Waals surface area contributed by atoms with Gasteiger partial charge in [-0.1, -0.05) is 36.8 Å². The molecule has 0 radical (unpaired) electrons. The molecule has 2 aromatic rings. The smallest absolute Gasteiger partial charge is 0.416 e. The molecule has 7 heteroatoms. The Morgan fingerprint density at radius 1 is 1.10 bits per heavy atom. The van der Waals surface area contributed by atoms with Crippen molar-refractivity contribution in [3.8, 4) is 5.75 Å². The zero-order valence-electron chi connectivity index (χ0n) is 17.0. The molecule has 1 fully saturated rings. The third-order valence-corrected chi connectivity index (χ3v) is 5.44. The van der Waals surface area contributed by atoms with Crippen LogP contribution in [0.5, 0.6) is 5.75 Å². The number of carbonyl (C=O) groups excluding carboxylic acids is 1. The Labute approximate surface area is 175 Å². The van der Waals surface area contributed by atoms with E-state index >= 15 is 0 Å². The number of carbonyl (C=O) groups is 1. The van der Waals surface area contributed by atoms with Crippen LogP contribution in [0, 0.1) is 0 Å². The van der Waals surface area contributed by atoms with Crippen molar-refractivity contribution in [2.75, 3.05) is 26.7 Å². The second-order valence-electron chi connectivity index (χ2n) is 7.56. The van der Waals surface area contributed by atoms with E-state index in [-0.39, 0.29) is 18.4 Å². The molecule has 30 heavy (non-hydrogen) atoms. The molecule has 3 rings (SSSR count). The van der Waals surface area contributed by atoms with Crippen molar-refractivity contribution in [1.29, 1.82) is 0 Å². The molecule has 2 aromatic carbocycles. The van der Waals surface area contributed by atoms with Crippen LogP contribution in [0.15, 0.2) is 48.5 Å². The fraction of sp³-hybridized carbons (Fsp3) is 0.435. The van der Waals surface area contributed by atoms with Crippen LogP contribution >= 0.6 is 0 Å². The molecule has 0 saturated carbocycles. The molecule has 162 valence electrons. The van der Waals surface area contributed by atoms with Crippen LogP contribution in [0.3, 0.4) is 0 Å². The second-order valence-corrected chi connectivity index (χ2v) is 7.56. The molecular formula is C23H27F3N2O2. The number of hydrogen-bond donors (Lipinski definition) is 1. The van der Waals surface area contributed by atoms with E-state index in [4.69, 9.17) is 4.74 Å². The largest absolute Gasteiger partial charge is 0.497 e. The van der Waals surface area contributed by atoms with Gasteiger partial charge in [-0.25, -0.2) is 0 Å². The van der Waals surface area contributed by atoms with Gasteiger partial charge in [-0.15, -0.1) is 0 Å². The first-order chi connectivity index (χ1) is 14.4. The normalized spacial score (nSPS) is 16.1. The van der Waals surface area contributed by atoms with Gasteiger partial charge in [0.25, 0.3) is 0 Å². The van der Waals surface area contributed by atoms with Crippen LogP contribution in [0.4, 0.5) is 13.2 Å². The minimum Gasteiger partial charge on any atom is -0.497 e. The van der Waals surface area contributed by atoms with Crippen molar-refractivity contribution in [3.63, 3.8) is 0 Å². The van der Waals surface area contributed by atoms with Crippen LogP contribution in [-0.2, 0) is 17.4 Å². The highest BCUT2D eigenvalue weighted by molar-refractivity contribution is 5.78. The van der Waals surface area contributed by atoms with Crippen molar-refractivity contribution in [1.82, 2.24) is 10.2 Å². The third kappa shape index (κ3) is 5.98. The van der Waals surface area contributed by atoms with Gasteiger partial charge in [0.15, 0.2) is 0 Å². The molecule has 0 aromatic heterocycles. The number of hydrogen-bond acceptors (Lipinski definition) is 3. The van der Waals surface area contributed by atoms with Crippen molar-refractivity contribution < 1.29 is 22.7 Å². The lowest BCUT2D eigenvalue weighted by atomic mass is 10.0. The number of benzene rings is 2. The van der Waals surface area contributed by atoms with Gasteiger partial charge < -0.3 is 10.1 Å². The number of nitrogens with one attached hydrogen (secondary N) is 1. The SMILES string of the molecule is COc1ccc(C(CNC(=O)Cc2cccc(C(F)(F)F)c2)N2CCCCC2)cc1. The molecule has 1 saturated heterocycles.